The predicted molar refractivity (Wildman–Crippen MR) is 70.9 cm³/mol. The van der Waals surface area contributed by atoms with Crippen molar-refractivity contribution < 1.29 is 9.63 Å². The van der Waals surface area contributed by atoms with Gasteiger partial charge >= 0.3 is 0 Å². The van der Waals surface area contributed by atoms with Gasteiger partial charge in [-0.1, -0.05) is 30.3 Å². The van der Waals surface area contributed by atoms with Crippen molar-refractivity contribution >= 4 is 30.1 Å². The van der Waals surface area contributed by atoms with Crippen molar-refractivity contribution in [3.05, 3.63) is 35.9 Å². The van der Waals surface area contributed by atoms with E-state index in [1.165, 1.54) is 0 Å². The summed E-state index contributed by atoms with van der Waals surface area (Å²) in [6.07, 6.45) is 0. The summed E-state index contributed by atoms with van der Waals surface area (Å²) < 4.78 is 0. The lowest BCUT2D eigenvalue weighted by atomic mass is 10.2. The third kappa shape index (κ3) is 4.55. The lowest BCUT2D eigenvalue weighted by Crippen LogP contribution is -2.38. The van der Waals surface area contributed by atoms with E-state index in [2.05, 4.69) is 10.8 Å². The average Bonchev–Trinajstić information content (AvgIpc) is 2.84. The first kappa shape index (κ1) is 14.3. The molecular weight excluding hydrogens is 260 g/mol. The quantitative estimate of drug-likeness (QED) is 0.813. The van der Waals surface area contributed by atoms with Crippen LogP contribution >= 0.6 is 24.2 Å². The summed E-state index contributed by atoms with van der Waals surface area (Å²) in [7, 11) is 0. The van der Waals surface area contributed by atoms with Crippen LogP contribution in [-0.4, -0.2) is 23.6 Å². The molecule has 1 fully saturated rings. The first-order chi connectivity index (χ1) is 7.86. The summed E-state index contributed by atoms with van der Waals surface area (Å²) in [5.74, 6) is 0.856. The van der Waals surface area contributed by atoms with Gasteiger partial charge in [0.15, 0.2) is 0 Å². The van der Waals surface area contributed by atoms with E-state index in [9.17, 15) is 4.79 Å². The molecule has 1 aromatic carbocycles. The summed E-state index contributed by atoms with van der Waals surface area (Å²) in [5, 5.41) is 2.91. The molecule has 0 spiro atoms. The maximum atomic E-state index is 11.5. The number of benzene rings is 1. The minimum atomic E-state index is -0.171. The van der Waals surface area contributed by atoms with Gasteiger partial charge in [0.2, 0.25) is 0 Å². The fourth-order valence-electron chi connectivity index (χ4n) is 1.41. The van der Waals surface area contributed by atoms with Crippen LogP contribution in [0.1, 0.15) is 5.56 Å². The van der Waals surface area contributed by atoms with E-state index in [-0.39, 0.29) is 23.7 Å². The standard InChI is InChI=1S/C11H14N2O2S.ClH/c14-10(11-12-6-7-16-11)13-15-8-9-4-2-1-3-5-9;/h1-5,11-12H,6-8H2,(H,13,14);1H/t11-;/m0./s1. The molecule has 4 nitrogen and oxygen atoms in total. The third-order valence-electron chi connectivity index (χ3n) is 2.21. The van der Waals surface area contributed by atoms with Crippen molar-refractivity contribution in [3.8, 4) is 0 Å². The number of amides is 1. The van der Waals surface area contributed by atoms with Crippen LogP contribution in [0.15, 0.2) is 30.3 Å². The molecule has 1 saturated heterocycles. The highest BCUT2D eigenvalue weighted by Crippen LogP contribution is 2.13. The van der Waals surface area contributed by atoms with Gasteiger partial charge in [-0.2, -0.15) is 0 Å². The molecule has 1 heterocycles. The number of halogens is 1. The molecule has 0 unspecified atom stereocenters. The van der Waals surface area contributed by atoms with Crippen LogP contribution in [0.5, 0.6) is 0 Å². The Balaban J connectivity index is 0.00000144. The van der Waals surface area contributed by atoms with Crippen LogP contribution in [0, 0.1) is 0 Å². The first-order valence-corrected chi connectivity index (χ1v) is 6.22. The van der Waals surface area contributed by atoms with E-state index < -0.39 is 0 Å². The highest BCUT2D eigenvalue weighted by Gasteiger charge is 2.22. The Labute approximate surface area is 111 Å². The van der Waals surface area contributed by atoms with E-state index in [0.29, 0.717) is 6.61 Å². The van der Waals surface area contributed by atoms with Crippen molar-refractivity contribution in [1.29, 1.82) is 0 Å². The van der Waals surface area contributed by atoms with Gasteiger partial charge in [0, 0.05) is 12.3 Å². The zero-order valence-corrected chi connectivity index (χ0v) is 10.9. The Morgan fingerprint density at radius 1 is 1.47 bits per heavy atom. The van der Waals surface area contributed by atoms with Crippen molar-refractivity contribution in [1.82, 2.24) is 10.8 Å². The Kier molecular flexibility index (Phi) is 6.36. The van der Waals surface area contributed by atoms with E-state index in [1.54, 1.807) is 11.8 Å². The van der Waals surface area contributed by atoms with Crippen molar-refractivity contribution in [2.24, 2.45) is 0 Å². The van der Waals surface area contributed by atoms with E-state index in [4.69, 9.17) is 4.84 Å². The molecule has 1 aliphatic heterocycles. The van der Waals surface area contributed by atoms with Gasteiger partial charge in [0.1, 0.15) is 5.37 Å². The number of hydroxylamine groups is 1. The molecule has 2 rings (SSSR count). The Morgan fingerprint density at radius 2 is 2.24 bits per heavy atom. The van der Waals surface area contributed by atoms with Gasteiger partial charge in [-0.25, -0.2) is 5.48 Å². The second kappa shape index (κ2) is 7.55. The molecule has 6 heteroatoms. The molecule has 1 aromatic rings. The summed E-state index contributed by atoms with van der Waals surface area (Å²) in [5.41, 5.74) is 3.49. The molecule has 1 amide bonds. The first-order valence-electron chi connectivity index (χ1n) is 5.17. The fraction of sp³-hybridized carbons (Fsp3) is 0.364. The number of rotatable bonds is 4. The Hall–Kier alpha value is -0.750. The van der Waals surface area contributed by atoms with Gasteiger partial charge in [-0.15, -0.1) is 24.2 Å². The number of thioether (sulfide) groups is 1. The molecule has 2 N–H and O–H groups in total. The summed E-state index contributed by atoms with van der Waals surface area (Å²) in [4.78, 5) is 16.7. The molecule has 94 valence electrons. The minimum Gasteiger partial charge on any atom is -0.297 e. The Bertz CT molecular complexity index is 345. The monoisotopic (exact) mass is 274 g/mol. The summed E-state index contributed by atoms with van der Waals surface area (Å²) in [6, 6.07) is 9.73. The zero-order valence-electron chi connectivity index (χ0n) is 9.22. The van der Waals surface area contributed by atoms with Crippen molar-refractivity contribution in [2.75, 3.05) is 12.3 Å². The van der Waals surface area contributed by atoms with E-state index in [0.717, 1.165) is 17.9 Å². The SMILES string of the molecule is Cl.O=C(NOCc1ccccc1)[C@H]1NCCS1. The molecule has 17 heavy (non-hydrogen) atoms. The minimum absolute atomic E-state index is 0. The van der Waals surface area contributed by atoms with Crippen LogP contribution in [0.25, 0.3) is 0 Å². The van der Waals surface area contributed by atoms with Gasteiger partial charge < -0.3 is 0 Å². The smallest absolute Gasteiger partial charge is 0.271 e. The number of carbonyl (C=O) groups excluding carboxylic acids is 1. The van der Waals surface area contributed by atoms with Crippen LogP contribution in [-0.2, 0) is 16.2 Å². The second-order valence-electron chi connectivity index (χ2n) is 3.45. The van der Waals surface area contributed by atoms with Crippen molar-refractivity contribution in [3.63, 3.8) is 0 Å². The maximum absolute atomic E-state index is 11.5. The molecular formula is C11H15ClN2O2S. The number of nitrogens with one attached hydrogen (secondary N) is 2. The second-order valence-corrected chi connectivity index (χ2v) is 4.66. The Morgan fingerprint density at radius 3 is 2.88 bits per heavy atom. The van der Waals surface area contributed by atoms with Gasteiger partial charge in [-0.3, -0.25) is 14.9 Å². The summed E-state index contributed by atoms with van der Waals surface area (Å²) in [6.45, 7) is 1.27. The number of carbonyl (C=O) groups is 1. The van der Waals surface area contributed by atoms with Gasteiger partial charge in [0.25, 0.3) is 5.91 Å². The molecule has 1 aliphatic rings. The zero-order chi connectivity index (χ0) is 11.2. The maximum Gasteiger partial charge on any atom is 0.271 e. The fourth-order valence-corrected chi connectivity index (χ4v) is 2.32. The van der Waals surface area contributed by atoms with Crippen LogP contribution in [0.2, 0.25) is 0 Å². The lowest BCUT2D eigenvalue weighted by Gasteiger charge is -2.10. The van der Waals surface area contributed by atoms with E-state index >= 15 is 0 Å². The van der Waals surface area contributed by atoms with Gasteiger partial charge in [0.05, 0.1) is 6.61 Å². The molecule has 0 aromatic heterocycles. The molecule has 0 saturated carbocycles. The average molecular weight is 275 g/mol. The number of hydrogen-bond donors (Lipinski definition) is 2. The topological polar surface area (TPSA) is 50.4 Å². The normalized spacial score (nSPS) is 18.5. The van der Waals surface area contributed by atoms with Crippen molar-refractivity contribution in [2.45, 2.75) is 12.0 Å². The largest absolute Gasteiger partial charge is 0.297 e. The van der Waals surface area contributed by atoms with Crippen LogP contribution in [0.3, 0.4) is 0 Å². The van der Waals surface area contributed by atoms with Crippen LogP contribution < -0.4 is 10.8 Å². The molecule has 1 atom stereocenters. The molecule has 0 bridgehead atoms. The highest BCUT2D eigenvalue weighted by atomic mass is 35.5. The van der Waals surface area contributed by atoms with E-state index in [1.807, 2.05) is 30.3 Å². The highest BCUT2D eigenvalue weighted by molar-refractivity contribution is 8.00. The third-order valence-corrected chi connectivity index (χ3v) is 3.36. The number of hydrogen-bond acceptors (Lipinski definition) is 4. The van der Waals surface area contributed by atoms with Gasteiger partial charge in [-0.05, 0) is 5.56 Å². The summed E-state index contributed by atoms with van der Waals surface area (Å²) >= 11 is 1.59. The predicted octanol–water partition coefficient (Wildman–Crippen LogP) is 1.32. The molecule has 0 radical (unpaired) electrons. The lowest BCUT2D eigenvalue weighted by molar-refractivity contribution is -0.134. The van der Waals surface area contributed by atoms with Crippen LogP contribution in [0.4, 0.5) is 0 Å². The molecule has 0 aliphatic carbocycles.